The van der Waals surface area contributed by atoms with Gasteiger partial charge in [-0.25, -0.2) is 0 Å². The Morgan fingerprint density at radius 3 is 1.81 bits per heavy atom. The van der Waals surface area contributed by atoms with Crippen LogP contribution in [0.1, 0.15) is 88.6 Å². The zero-order chi connectivity index (χ0) is 55.4. The molecular formula is C61H54N4OPt-2. The molecule has 11 rings (SSSR count). The summed E-state index contributed by atoms with van der Waals surface area (Å²) < 4.78 is 103. The molecular weight excluding hydrogens is 1000 g/mol. The molecule has 0 spiro atoms. The zero-order valence-electron chi connectivity index (χ0n) is 49.1. The van der Waals surface area contributed by atoms with Crippen molar-refractivity contribution in [3.05, 3.63) is 195 Å². The number of benzene rings is 7. The van der Waals surface area contributed by atoms with E-state index in [1.807, 2.05) is 90.7 Å². The Bertz CT molecular complexity index is 4160. The molecule has 0 unspecified atom stereocenters. The van der Waals surface area contributed by atoms with E-state index >= 15 is 0 Å². The van der Waals surface area contributed by atoms with E-state index in [1.165, 1.54) is 11.1 Å². The first kappa shape index (κ1) is 33.0. The molecule has 3 heterocycles. The summed E-state index contributed by atoms with van der Waals surface area (Å²) in [5.74, 6) is 1.62. The van der Waals surface area contributed by atoms with Gasteiger partial charge in [-0.2, -0.15) is 0 Å². The first-order valence-electron chi connectivity index (χ1n) is 27.4. The minimum atomic E-state index is -0.558. The molecule has 1 aliphatic rings. The van der Waals surface area contributed by atoms with Crippen LogP contribution in [0.3, 0.4) is 0 Å². The van der Waals surface area contributed by atoms with Crippen molar-refractivity contribution in [3.8, 4) is 50.9 Å². The van der Waals surface area contributed by atoms with E-state index in [0.717, 1.165) is 33.2 Å². The average Bonchev–Trinajstić information content (AvgIpc) is 4.08. The molecule has 10 aromatic rings. The number of aryl methyl sites for hydroxylation is 1. The van der Waals surface area contributed by atoms with E-state index < -0.39 is 60.4 Å². The molecule has 3 aromatic heterocycles. The standard InChI is InChI=1S/C61H54N4O.Pt/c1-38-30-31-62-55(32-38)65-53-34-46(28-29-47(53)48-35-49-50(36-54(48)65)60(7,8)61(9,10)59(49,5)6)66-45-25-19-24-44(33-45)63-37-64(52-27-18-17-26-51(52)63)58-56(42-20-13-11-14-21-42)40(3)39(2)41(4)57(58)43-22-15-12-16-23-43;/h11-32,35-36H,1-10H3;/q-2;/i11D,12D,13D,14D,15D,16D,20D,21D,22D,23D;. The molecule has 0 saturated heterocycles. The third-order valence-corrected chi connectivity index (χ3v) is 16.4. The fraction of sp³-hybridized carbons (Fsp3) is 0.213. The Hall–Kier alpha value is -6.55. The summed E-state index contributed by atoms with van der Waals surface area (Å²) in [4.78, 5) is 4.89. The van der Waals surface area contributed by atoms with Gasteiger partial charge in [-0.15, -0.1) is 0 Å². The van der Waals surface area contributed by atoms with Crippen molar-refractivity contribution in [2.45, 2.75) is 80.1 Å². The second-order valence-corrected chi connectivity index (χ2v) is 20.3. The van der Waals surface area contributed by atoms with Gasteiger partial charge in [0, 0.05) is 6.20 Å². The Morgan fingerprint density at radius 2 is 1.18 bits per heavy atom. The van der Waals surface area contributed by atoms with Crippen LogP contribution in [-0.2, 0) is 30.2 Å². The number of hydrogen-bond acceptors (Lipinski definition) is 2. The van der Waals surface area contributed by atoms with Crippen LogP contribution >= 0.6 is 0 Å². The average molecular weight is 1060 g/mol. The molecule has 7 aromatic carbocycles. The van der Waals surface area contributed by atoms with Crippen LogP contribution in [0.15, 0.2) is 145 Å². The fourth-order valence-electron chi connectivity index (χ4n) is 10.4. The fourth-order valence-corrected chi connectivity index (χ4v) is 11.5. The van der Waals surface area contributed by atoms with E-state index in [2.05, 4.69) is 109 Å². The van der Waals surface area contributed by atoms with Gasteiger partial charge >= 0.3 is 327 Å². The molecule has 0 bridgehead atoms. The van der Waals surface area contributed by atoms with Gasteiger partial charge in [-0.05, 0) is 45.9 Å². The first-order valence-corrected chi connectivity index (χ1v) is 23.5. The van der Waals surface area contributed by atoms with Crippen molar-refractivity contribution >= 4 is 32.8 Å². The first-order chi connectivity index (χ1) is 36.2. The topological polar surface area (TPSA) is 36.9 Å². The van der Waals surface area contributed by atoms with E-state index in [1.54, 1.807) is 0 Å². The second kappa shape index (κ2) is 15.5. The number of rotatable bonds is 7. The summed E-state index contributed by atoms with van der Waals surface area (Å²) >= 11 is 2.19. The summed E-state index contributed by atoms with van der Waals surface area (Å²) in [7, 11) is 0. The maximum atomic E-state index is 9.31. The van der Waals surface area contributed by atoms with Gasteiger partial charge in [0.1, 0.15) is 0 Å². The molecule has 0 amide bonds. The van der Waals surface area contributed by atoms with Crippen LogP contribution < -0.4 is 4.74 Å². The van der Waals surface area contributed by atoms with Crippen LogP contribution in [-0.4, -0.2) is 18.7 Å². The van der Waals surface area contributed by atoms with Crippen LogP contribution in [0.2, 0.25) is 0 Å². The monoisotopic (exact) mass is 1060 g/mol. The second-order valence-electron chi connectivity index (χ2n) is 19.3. The molecule has 5 nitrogen and oxygen atoms in total. The molecule has 336 valence electrons. The van der Waals surface area contributed by atoms with E-state index in [-0.39, 0.29) is 44.2 Å². The Balaban J connectivity index is 1.13. The van der Waals surface area contributed by atoms with Gasteiger partial charge in [0.05, 0.1) is 0 Å². The Kier molecular flexibility index (Phi) is 7.64. The van der Waals surface area contributed by atoms with Crippen molar-refractivity contribution in [2.75, 3.05) is 0 Å². The SMILES string of the molecule is [2H]c1c([2H])c([2H])c(-c2c(C)c(C)c(C)c(-c3c([2H])c([2H])c([2H])c([2H])c3[2H])c2-n2[c](=[Pt])n(-c3[c-]c(Oc4[c-]c5c(cc4)c4cc6c(cc4n5-c4cc(C)ccn4)C(C)(C)C(C)(C)C6(C)C)ccc3)c3ccccc32)c([2H])c1[2H]. The number of imidazole rings is 1. The summed E-state index contributed by atoms with van der Waals surface area (Å²) in [6, 6.07) is 28.1. The van der Waals surface area contributed by atoms with Crippen LogP contribution in [0.25, 0.3) is 72.3 Å². The molecule has 0 atom stereocenters. The predicted octanol–water partition coefficient (Wildman–Crippen LogP) is 15.5. The van der Waals surface area contributed by atoms with E-state index in [9.17, 15) is 5.48 Å². The van der Waals surface area contributed by atoms with E-state index in [4.69, 9.17) is 17.9 Å². The third-order valence-electron chi connectivity index (χ3n) is 15.4. The number of aromatic nitrogens is 4. The summed E-state index contributed by atoms with van der Waals surface area (Å²) in [6.07, 6.45) is 1.83. The van der Waals surface area contributed by atoms with Crippen LogP contribution in [0, 0.1) is 49.0 Å². The van der Waals surface area contributed by atoms with Crippen molar-refractivity contribution in [2.24, 2.45) is 5.41 Å². The molecule has 0 radical (unpaired) electrons. The van der Waals surface area contributed by atoms with Crippen molar-refractivity contribution in [3.63, 3.8) is 0 Å². The van der Waals surface area contributed by atoms with E-state index in [0.29, 0.717) is 48.7 Å². The molecule has 0 aliphatic heterocycles. The summed E-state index contributed by atoms with van der Waals surface area (Å²) in [5.41, 5.74) is 9.60. The van der Waals surface area contributed by atoms with Crippen molar-refractivity contribution in [1.29, 1.82) is 0 Å². The number of para-hydroxylation sites is 2. The van der Waals surface area contributed by atoms with Crippen LogP contribution in [0.4, 0.5) is 0 Å². The quantitative estimate of drug-likeness (QED) is 0.149. The van der Waals surface area contributed by atoms with Gasteiger partial charge in [-0.1, -0.05) is 41.5 Å². The molecule has 6 heteroatoms. The number of fused-ring (bicyclic) bond motifs is 5. The van der Waals surface area contributed by atoms with Gasteiger partial charge in [0.15, 0.2) is 0 Å². The number of ether oxygens (including phenoxy) is 1. The molecule has 1 aliphatic carbocycles. The minimum absolute atomic E-state index is 0.0280. The number of pyridine rings is 1. The van der Waals surface area contributed by atoms with Gasteiger partial charge in [0.25, 0.3) is 0 Å². The van der Waals surface area contributed by atoms with Gasteiger partial charge in [-0.3, -0.25) is 0 Å². The number of hydrogen-bond donors (Lipinski definition) is 0. The molecule has 67 heavy (non-hydrogen) atoms. The summed E-state index contributed by atoms with van der Waals surface area (Å²) in [6.45, 7) is 21.6. The normalized spacial score (nSPS) is 17.0. The number of nitrogens with zero attached hydrogens (tertiary/aromatic N) is 4. The van der Waals surface area contributed by atoms with Crippen molar-refractivity contribution in [1.82, 2.24) is 18.7 Å². The Labute approximate surface area is 418 Å². The van der Waals surface area contributed by atoms with Crippen molar-refractivity contribution < 1.29 is 37.8 Å². The van der Waals surface area contributed by atoms with Gasteiger partial charge < -0.3 is 0 Å². The maximum absolute atomic E-state index is 9.31. The molecule has 0 saturated carbocycles. The Morgan fingerprint density at radius 1 is 0.582 bits per heavy atom. The van der Waals surface area contributed by atoms with Crippen LogP contribution in [0.5, 0.6) is 11.5 Å². The summed E-state index contributed by atoms with van der Waals surface area (Å²) in [5, 5.41) is 2.12. The zero-order valence-corrected chi connectivity index (χ0v) is 41.4. The molecule has 0 N–H and O–H groups in total. The van der Waals surface area contributed by atoms with Gasteiger partial charge in [0.2, 0.25) is 0 Å². The molecule has 0 fully saturated rings. The third kappa shape index (κ3) is 6.37. The predicted molar refractivity (Wildman–Crippen MR) is 272 cm³/mol.